The monoisotopic (exact) mass is 380 g/mol. The van der Waals surface area contributed by atoms with E-state index in [-0.39, 0.29) is 17.0 Å². The minimum atomic E-state index is -3.96. The molecule has 136 valence electrons. The number of nitrogens with zero attached hydrogens (tertiary/aromatic N) is 2. The summed E-state index contributed by atoms with van der Waals surface area (Å²) in [5, 5.41) is 9.02. The zero-order valence-corrected chi connectivity index (χ0v) is 15.2. The molecule has 0 amide bonds. The Hall–Kier alpha value is -3.17. The molecule has 0 saturated heterocycles. The van der Waals surface area contributed by atoms with E-state index >= 15 is 0 Å². The van der Waals surface area contributed by atoms with Crippen LogP contribution in [-0.2, 0) is 16.4 Å². The summed E-state index contributed by atoms with van der Waals surface area (Å²) in [4.78, 5) is -0.114. The minimum Gasteiger partial charge on any atom is -0.266 e. The van der Waals surface area contributed by atoms with Crippen molar-refractivity contribution in [3.05, 3.63) is 95.8 Å². The van der Waals surface area contributed by atoms with Crippen LogP contribution in [0.4, 0.5) is 10.1 Å². The highest BCUT2D eigenvalue weighted by Crippen LogP contribution is 2.25. The predicted molar refractivity (Wildman–Crippen MR) is 102 cm³/mol. The van der Waals surface area contributed by atoms with Crippen LogP contribution >= 0.6 is 0 Å². The molecule has 0 N–H and O–H groups in total. The van der Waals surface area contributed by atoms with Gasteiger partial charge in [0.25, 0.3) is 10.0 Å². The number of rotatable bonds is 6. The Labute approximate surface area is 158 Å². The average Bonchev–Trinajstić information content (AvgIpc) is 2.70. The largest absolute Gasteiger partial charge is 0.266 e. The average molecular weight is 380 g/mol. The quantitative estimate of drug-likeness (QED) is 0.646. The van der Waals surface area contributed by atoms with Gasteiger partial charge in [-0.2, -0.15) is 5.26 Å². The number of sulfonamides is 1. The van der Waals surface area contributed by atoms with Crippen molar-refractivity contribution in [3.63, 3.8) is 0 Å². The first-order valence-electron chi connectivity index (χ1n) is 8.34. The molecule has 0 radical (unpaired) electrons. The van der Waals surface area contributed by atoms with Crippen LogP contribution in [0.15, 0.2) is 83.8 Å². The first-order chi connectivity index (χ1) is 13.0. The van der Waals surface area contributed by atoms with Crippen molar-refractivity contribution in [1.29, 1.82) is 5.26 Å². The van der Waals surface area contributed by atoms with Crippen molar-refractivity contribution in [2.24, 2.45) is 0 Å². The van der Waals surface area contributed by atoms with Crippen LogP contribution in [0.2, 0.25) is 0 Å². The zero-order chi connectivity index (χ0) is 19.3. The van der Waals surface area contributed by atoms with Gasteiger partial charge < -0.3 is 0 Å². The lowest BCUT2D eigenvalue weighted by molar-refractivity contribution is 0.589. The molecule has 6 heteroatoms. The fourth-order valence-electron chi connectivity index (χ4n) is 2.74. The molecule has 0 heterocycles. The van der Waals surface area contributed by atoms with Gasteiger partial charge in [0.1, 0.15) is 11.9 Å². The van der Waals surface area contributed by atoms with Crippen molar-refractivity contribution in [2.45, 2.75) is 11.3 Å². The molecule has 0 aliphatic heterocycles. The lowest BCUT2D eigenvalue weighted by atomic mass is 10.1. The van der Waals surface area contributed by atoms with E-state index in [4.69, 9.17) is 5.26 Å². The zero-order valence-electron chi connectivity index (χ0n) is 14.4. The summed E-state index contributed by atoms with van der Waals surface area (Å²) >= 11 is 0. The molecule has 27 heavy (non-hydrogen) atoms. The maximum absolute atomic E-state index is 13.6. The van der Waals surface area contributed by atoms with Crippen LogP contribution in [0.5, 0.6) is 0 Å². The van der Waals surface area contributed by atoms with Gasteiger partial charge in [-0.3, -0.25) is 4.31 Å². The van der Waals surface area contributed by atoms with Crippen LogP contribution in [0, 0.1) is 17.1 Å². The van der Waals surface area contributed by atoms with Gasteiger partial charge in [0.05, 0.1) is 16.1 Å². The van der Waals surface area contributed by atoms with Gasteiger partial charge in [-0.25, -0.2) is 12.8 Å². The lowest BCUT2D eigenvalue weighted by Crippen LogP contribution is -2.33. The molecule has 0 spiro atoms. The number of anilines is 1. The summed E-state index contributed by atoms with van der Waals surface area (Å²) in [6, 6.07) is 23.2. The Morgan fingerprint density at radius 1 is 0.926 bits per heavy atom. The highest BCUT2D eigenvalue weighted by molar-refractivity contribution is 7.92. The maximum atomic E-state index is 13.6. The minimum absolute atomic E-state index is 0.114. The van der Waals surface area contributed by atoms with E-state index in [9.17, 15) is 12.8 Å². The highest BCUT2D eigenvalue weighted by atomic mass is 32.2. The second-order valence-corrected chi connectivity index (χ2v) is 7.76. The van der Waals surface area contributed by atoms with Crippen LogP contribution in [0.3, 0.4) is 0 Å². The molecule has 0 aliphatic carbocycles. The van der Waals surface area contributed by atoms with Gasteiger partial charge in [-0.1, -0.05) is 48.5 Å². The highest BCUT2D eigenvalue weighted by Gasteiger charge is 2.25. The van der Waals surface area contributed by atoms with E-state index < -0.39 is 15.8 Å². The summed E-state index contributed by atoms with van der Waals surface area (Å²) in [5.74, 6) is -0.744. The van der Waals surface area contributed by atoms with Crippen molar-refractivity contribution in [2.75, 3.05) is 10.8 Å². The van der Waals surface area contributed by atoms with E-state index in [1.54, 1.807) is 36.4 Å². The van der Waals surface area contributed by atoms with Gasteiger partial charge >= 0.3 is 0 Å². The number of halogens is 1. The van der Waals surface area contributed by atoms with Crippen molar-refractivity contribution >= 4 is 15.7 Å². The molecule has 3 rings (SSSR count). The fraction of sp³-hybridized carbons (Fsp3) is 0.0952. The molecule has 0 aromatic heterocycles. The van der Waals surface area contributed by atoms with Crippen LogP contribution in [0.1, 0.15) is 11.1 Å². The Morgan fingerprint density at radius 3 is 2.19 bits per heavy atom. The standard InChI is InChI=1S/C21H17FN2O2S/c22-21-12-11-20(15-18(21)16-23)27(25,26)24(19-9-5-2-6-10-19)14-13-17-7-3-1-4-8-17/h1-12,15H,13-14H2. The first kappa shape index (κ1) is 18.6. The van der Waals surface area contributed by atoms with E-state index in [2.05, 4.69) is 0 Å². The van der Waals surface area contributed by atoms with E-state index in [1.165, 1.54) is 10.4 Å². The summed E-state index contributed by atoms with van der Waals surface area (Å²) < 4.78 is 41.4. The smallest absolute Gasteiger partial charge is 0.264 e. The topological polar surface area (TPSA) is 61.2 Å². The van der Waals surface area contributed by atoms with Crippen molar-refractivity contribution in [1.82, 2.24) is 0 Å². The number of hydrogen-bond donors (Lipinski definition) is 0. The molecule has 0 saturated carbocycles. The molecular weight excluding hydrogens is 363 g/mol. The molecule has 0 fully saturated rings. The normalized spacial score (nSPS) is 11.0. The number of hydrogen-bond acceptors (Lipinski definition) is 3. The number of nitriles is 1. The Morgan fingerprint density at radius 2 is 1.56 bits per heavy atom. The molecular formula is C21H17FN2O2S. The van der Waals surface area contributed by atoms with Crippen LogP contribution < -0.4 is 4.31 Å². The third kappa shape index (κ3) is 4.15. The molecule has 3 aromatic rings. The van der Waals surface area contributed by atoms with E-state index in [0.717, 1.165) is 17.7 Å². The molecule has 0 unspecified atom stereocenters. The third-order valence-electron chi connectivity index (χ3n) is 4.14. The Balaban J connectivity index is 2.00. The van der Waals surface area contributed by atoms with Crippen molar-refractivity contribution in [3.8, 4) is 6.07 Å². The van der Waals surface area contributed by atoms with Gasteiger partial charge in [-0.05, 0) is 42.3 Å². The Kier molecular flexibility index (Phi) is 5.53. The number of benzene rings is 3. The second-order valence-electron chi connectivity index (χ2n) is 5.90. The summed E-state index contributed by atoms with van der Waals surface area (Å²) in [6.45, 7) is 0.218. The molecule has 3 aromatic carbocycles. The molecule has 0 aliphatic rings. The third-order valence-corrected chi connectivity index (χ3v) is 5.96. The van der Waals surface area contributed by atoms with Gasteiger partial charge in [0, 0.05) is 6.54 Å². The number of para-hydroxylation sites is 1. The predicted octanol–water partition coefficient (Wildman–Crippen LogP) is 4.14. The SMILES string of the molecule is N#Cc1cc(S(=O)(=O)N(CCc2ccccc2)c2ccccc2)ccc1F. The fourth-order valence-corrected chi connectivity index (χ4v) is 4.23. The molecule has 4 nitrogen and oxygen atoms in total. The van der Waals surface area contributed by atoms with Crippen LogP contribution in [-0.4, -0.2) is 15.0 Å². The van der Waals surface area contributed by atoms with Gasteiger partial charge in [0.15, 0.2) is 0 Å². The summed E-state index contributed by atoms with van der Waals surface area (Å²) in [5.41, 5.74) is 1.22. The molecule has 0 bridgehead atoms. The lowest BCUT2D eigenvalue weighted by Gasteiger charge is -2.24. The second kappa shape index (κ2) is 8.02. The van der Waals surface area contributed by atoms with Gasteiger partial charge in [-0.15, -0.1) is 0 Å². The van der Waals surface area contributed by atoms with Gasteiger partial charge in [0.2, 0.25) is 0 Å². The van der Waals surface area contributed by atoms with E-state index in [1.807, 2.05) is 30.3 Å². The van der Waals surface area contributed by atoms with Crippen molar-refractivity contribution < 1.29 is 12.8 Å². The maximum Gasteiger partial charge on any atom is 0.264 e. The Bertz CT molecular complexity index is 1060. The summed E-state index contributed by atoms with van der Waals surface area (Å²) in [6.07, 6.45) is 0.515. The first-order valence-corrected chi connectivity index (χ1v) is 9.78. The molecule has 0 atom stereocenters. The summed E-state index contributed by atoms with van der Waals surface area (Å²) in [7, 11) is -3.96. The van der Waals surface area contributed by atoms with E-state index in [0.29, 0.717) is 12.1 Å². The van der Waals surface area contributed by atoms with Crippen LogP contribution in [0.25, 0.3) is 0 Å².